The average Bonchev–Trinajstić information content (AvgIpc) is 2.73. The Morgan fingerprint density at radius 3 is 2.60 bits per heavy atom. The fraction of sp³-hybridized carbons (Fsp3) is 0.917. The minimum atomic E-state index is -0.298. The molecule has 3 nitrogen and oxygen atoms in total. The second-order valence-electron chi connectivity index (χ2n) is 5.99. The Kier molecular flexibility index (Phi) is 2.75. The lowest BCUT2D eigenvalue weighted by Gasteiger charge is -2.24. The van der Waals surface area contributed by atoms with Crippen molar-refractivity contribution in [2.45, 2.75) is 45.1 Å². The van der Waals surface area contributed by atoms with Gasteiger partial charge in [-0.2, -0.15) is 0 Å². The molecule has 86 valence electrons. The van der Waals surface area contributed by atoms with Crippen LogP contribution >= 0.6 is 0 Å². The summed E-state index contributed by atoms with van der Waals surface area (Å²) in [6, 6.07) is 0. The normalized spacial score (nSPS) is 34.5. The average molecular weight is 210 g/mol. The van der Waals surface area contributed by atoms with Gasteiger partial charge in [-0.1, -0.05) is 6.42 Å². The largest absolute Gasteiger partial charge is 0.354 e. The highest BCUT2D eigenvalue weighted by atomic mass is 16.1. The van der Waals surface area contributed by atoms with E-state index < -0.39 is 0 Å². The first-order valence-electron chi connectivity index (χ1n) is 6.02. The minimum Gasteiger partial charge on any atom is -0.354 e. The standard InChI is InChI=1S/C12H22N2O/c1-12(2,13)7-14-11(15)10-6-8-3-4-9(10)5-8/h8-10H,3-7,13H2,1-2H3,(H,14,15). The molecule has 3 unspecified atom stereocenters. The molecule has 0 aromatic heterocycles. The van der Waals surface area contributed by atoms with E-state index in [0.717, 1.165) is 12.3 Å². The van der Waals surface area contributed by atoms with Crippen molar-refractivity contribution < 1.29 is 4.79 Å². The van der Waals surface area contributed by atoms with Crippen LogP contribution in [-0.2, 0) is 4.79 Å². The van der Waals surface area contributed by atoms with E-state index in [1.54, 1.807) is 0 Å². The lowest BCUT2D eigenvalue weighted by molar-refractivity contribution is -0.126. The molecule has 2 bridgehead atoms. The molecule has 0 aliphatic heterocycles. The lowest BCUT2D eigenvalue weighted by atomic mass is 9.88. The van der Waals surface area contributed by atoms with Gasteiger partial charge in [0.1, 0.15) is 0 Å². The van der Waals surface area contributed by atoms with Crippen molar-refractivity contribution in [1.82, 2.24) is 5.32 Å². The molecule has 2 aliphatic carbocycles. The first-order chi connectivity index (χ1) is 6.96. The van der Waals surface area contributed by atoms with Crippen LogP contribution in [0.25, 0.3) is 0 Å². The van der Waals surface area contributed by atoms with Crippen LogP contribution in [0.4, 0.5) is 0 Å². The third-order valence-corrected chi connectivity index (χ3v) is 3.79. The maximum atomic E-state index is 11.9. The molecule has 2 fully saturated rings. The zero-order chi connectivity index (χ0) is 11.1. The maximum absolute atomic E-state index is 11.9. The fourth-order valence-electron chi connectivity index (χ4n) is 3.01. The number of hydrogen-bond acceptors (Lipinski definition) is 2. The first kappa shape index (κ1) is 10.9. The molecule has 3 N–H and O–H groups in total. The van der Waals surface area contributed by atoms with Gasteiger partial charge in [-0.25, -0.2) is 0 Å². The van der Waals surface area contributed by atoms with E-state index in [-0.39, 0.29) is 17.4 Å². The highest BCUT2D eigenvalue weighted by molar-refractivity contribution is 5.79. The zero-order valence-corrected chi connectivity index (χ0v) is 9.75. The zero-order valence-electron chi connectivity index (χ0n) is 9.75. The molecule has 0 spiro atoms. The summed E-state index contributed by atoms with van der Waals surface area (Å²) in [7, 11) is 0. The summed E-state index contributed by atoms with van der Waals surface area (Å²) in [5.74, 6) is 2.01. The smallest absolute Gasteiger partial charge is 0.223 e. The molecule has 15 heavy (non-hydrogen) atoms. The molecule has 0 heterocycles. The SMILES string of the molecule is CC(C)(N)CNC(=O)C1CC2CCC1C2. The number of rotatable bonds is 3. The van der Waals surface area contributed by atoms with Gasteiger partial charge in [-0.15, -0.1) is 0 Å². The predicted octanol–water partition coefficient (Wildman–Crippen LogP) is 1.28. The van der Waals surface area contributed by atoms with E-state index in [4.69, 9.17) is 5.73 Å². The molecule has 0 radical (unpaired) electrons. The van der Waals surface area contributed by atoms with Crippen molar-refractivity contribution >= 4 is 5.91 Å². The highest BCUT2D eigenvalue weighted by Crippen LogP contribution is 2.48. The Morgan fingerprint density at radius 1 is 1.40 bits per heavy atom. The number of nitrogens with two attached hydrogens (primary N) is 1. The summed E-state index contributed by atoms with van der Waals surface area (Å²) < 4.78 is 0. The molecule has 2 saturated carbocycles. The Balaban J connectivity index is 1.82. The molecular weight excluding hydrogens is 188 g/mol. The molecule has 0 saturated heterocycles. The second kappa shape index (κ2) is 3.78. The van der Waals surface area contributed by atoms with Crippen LogP contribution in [0, 0.1) is 17.8 Å². The Labute approximate surface area is 91.8 Å². The molecule has 1 amide bonds. The quantitative estimate of drug-likeness (QED) is 0.737. The van der Waals surface area contributed by atoms with Gasteiger partial charge in [-0.3, -0.25) is 4.79 Å². The van der Waals surface area contributed by atoms with Crippen molar-refractivity contribution in [3.05, 3.63) is 0 Å². The second-order valence-corrected chi connectivity index (χ2v) is 5.99. The van der Waals surface area contributed by atoms with Gasteiger partial charge in [0, 0.05) is 18.0 Å². The summed E-state index contributed by atoms with van der Waals surface area (Å²) in [4.78, 5) is 11.9. The van der Waals surface area contributed by atoms with Gasteiger partial charge in [0.05, 0.1) is 0 Å². The first-order valence-corrected chi connectivity index (χ1v) is 6.02. The van der Waals surface area contributed by atoms with Gasteiger partial charge in [0.25, 0.3) is 0 Å². The molecular formula is C12H22N2O. The molecule has 3 atom stereocenters. The molecule has 3 heteroatoms. The molecule has 2 aliphatic rings. The number of amides is 1. The van der Waals surface area contributed by atoms with E-state index in [1.807, 2.05) is 13.8 Å². The summed E-state index contributed by atoms with van der Waals surface area (Å²) >= 11 is 0. The summed E-state index contributed by atoms with van der Waals surface area (Å²) in [6.45, 7) is 4.46. The molecule has 0 aromatic carbocycles. The Hall–Kier alpha value is -0.570. The number of nitrogens with one attached hydrogen (secondary N) is 1. The highest BCUT2D eigenvalue weighted by Gasteiger charge is 2.42. The van der Waals surface area contributed by atoms with E-state index in [0.29, 0.717) is 12.5 Å². The van der Waals surface area contributed by atoms with Crippen molar-refractivity contribution in [1.29, 1.82) is 0 Å². The third kappa shape index (κ3) is 2.51. The van der Waals surface area contributed by atoms with Gasteiger partial charge < -0.3 is 11.1 Å². The van der Waals surface area contributed by atoms with Crippen molar-refractivity contribution in [2.75, 3.05) is 6.54 Å². The van der Waals surface area contributed by atoms with Gasteiger partial charge in [0.2, 0.25) is 5.91 Å². The van der Waals surface area contributed by atoms with Crippen LogP contribution in [-0.4, -0.2) is 18.0 Å². The number of hydrogen-bond donors (Lipinski definition) is 2. The van der Waals surface area contributed by atoms with Crippen LogP contribution in [0.15, 0.2) is 0 Å². The van der Waals surface area contributed by atoms with Crippen molar-refractivity contribution in [3.63, 3.8) is 0 Å². The summed E-state index contributed by atoms with van der Waals surface area (Å²) in [5, 5.41) is 2.99. The van der Waals surface area contributed by atoms with Crippen LogP contribution in [0.5, 0.6) is 0 Å². The third-order valence-electron chi connectivity index (χ3n) is 3.79. The Bertz CT molecular complexity index is 257. The summed E-state index contributed by atoms with van der Waals surface area (Å²) in [5.41, 5.74) is 5.55. The minimum absolute atomic E-state index is 0.237. The summed E-state index contributed by atoms with van der Waals surface area (Å²) in [6.07, 6.45) is 5.00. The van der Waals surface area contributed by atoms with Crippen LogP contribution in [0.2, 0.25) is 0 Å². The molecule has 0 aromatic rings. The lowest BCUT2D eigenvalue weighted by Crippen LogP contribution is -2.47. The van der Waals surface area contributed by atoms with Crippen LogP contribution in [0.1, 0.15) is 39.5 Å². The van der Waals surface area contributed by atoms with Crippen molar-refractivity contribution in [2.24, 2.45) is 23.5 Å². The maximum Gasteiger partial charge on any atom is 0.223 e. The van der Waals surface area contributed by atoms with E-state index in [1.165, 1.54) is 19.3 Å². The monoisotopic (exact) mass is 210 g/mol. The topological polar surface area (TPSA) is 55.1 Å². The van der Waals surface area contributed by atoms with Crippen molar-refractivity contribution in [3.8, 4) is 0 Å². The number of carbonyl (C=O) groups is 1. The van der Waals surface area contributed by atoms with E-state index >= 15 is 0 Å². The van der Waals surface area contributed by atoms with Gasteiger partial charge in [0.15, 0.2) is 0 Å². The molecule has 2 rings (SSSR count). The van der Waals surface area contributed by atoms with Gasteiger partial charge >= 0.3 is 0 Å². The number of fused-ring (bicyclic) bond motifs is 2. The van der Waals surface area contributed by atoms with Crippen LogP contribution < -0.4 is 11.1 Å². The Morgan fingerprint density at radius 2 is 2.13 bits per heavy atom. The van der Waals surface area contributed by atoms with Crippen LogP contribution in [0.3, 0.4) is 0 Å². The fourth-order valence-corrected chi connectivity index (χ4v) is 3.01. The van der Waals surface area contributed by atoms with E-state index in [2.05, 4.69) is 5.32 Å². The van der Waals surface area contributed by atoms with Gasteiger partial charge in [-0.05, 0) is 44.9 Å². The predicted molar refractivity (Wildman–Crippen MR) is 60.2 cm³/mol. The number of carbonyl (C=O) groups excluding carboxylic acids is 1. The van der Waals surface area contributed by atoms with E-state index in [9.17, 15) is 4.79 Å².